The van der Waals surface area contributed by atoms with Crippen LogP contribution in [-0.2, 0) is 11.0 Å². The Morgan fingerprint density at radius 2 is 1.84 bits per heavy atom. The Bertz CT molecular complexity index is 1130. The van der Waals surface area contributed by atoms with Crippen molar-refractivity contribution >= 4 is 28.5 Å². The maximum absolute atomic E-state index is 12.8. The molecule has 1 aliphatic carbocycles. The number of anilines is 1. The van der Waals surface area contributed by atoms with E-state index in [1.807, 2.05) is 10.9 Å². The predicted molar refractivity (Wildman–Crippen MR) is 106 cm³/mol. The largest absolute Gasteiger partial charge is 0.481 e. The average Bonchev–Trinajstić information content (AvgIpc) is 3.16. The number of hydrogen-bond acceptors (Lipinski definition) is 4. The van der Waals surface area contributed by atoms with E-state index in [-0.39, 0.29) is 17.7 Å². The molecule has 7 nitrogen and oxygen atoms in total. The third-order valence-electron chi connectivity index (χ3n) is 5.47. The number of hydrogen-bond donors (Lipinski definition) is 2. The maximum Gasteiger partial charge on any atom is 0.433 e. The number of alkyl halides is 3. The molecule has 10 heteroatoms. The molecule has 0 radical (unpaired) electrons. The van der Waals surface area contributed by atoms with Gasteiger partial charge in [-0.05, 0) is 56.0 Å². The van der Waals surface area contributed by atoms with Crippen molar-refractivity contribution in [1.29, 1.82) is 0 Å². The zero-order valence-corrected chi connectivity index (χ0v) is 16.3. The lowest BCUT2D eigenvalue weighted by atomic mass is 9.86. The molecule has 2 heterocycles. The van der Waals surface area contributed by atoms with Gasteiger partial charge in [-0.3, -0.25) is 14.3 Å². The van der Waals surface area contributed by atoms with Gasteiger partial charge < -0.3 is 10.4 Å². The first-order valence-electron chi connectivity index (χ1n) is 9.78. The van der Waals surface area contributed by atoms with Crippen LogP contribution >= 0.6 is 0 Å². The molecule has 162 valence electrons. The van der Waals surface area contributed by atoms with Crippen LogP contribution in [0.15, 0.2) is 42.6 Å². The van der Waals surface area contributed by atoms with E-state index in [1.165, 1.54) is 6.07 Å². The molecule has 4 rings (SSSR count). The Balaban J connectivity index is 1.49. The number of pyridine rings is 1. The lowest BCUT2D eigenvalue weighted by Crippen LogP contribution is -2.23. The van der Waals surface area contributed by atoms with E-state index in [0.29, 0.717) is 24.0 Å². The van der Waals surface area contributed by atoms with E-state index in [0.717, 1.165) is 30.4 Å². The molecule has 1 amide bonds. The number of carbonyl (C=O) groups excluding carboxylic acids is 1. The van der Waals surface area contributed by atoms with E-state index >= 15 is 0 Å². The molecule has 1 fully saturated rings. The van der Waals surface area contributed by atoms with Crippen LogP contribution in [0.5, 0.6) is 0 Å². The van der Waals surface area contributed by atoms with Gasteiger partial charge in [-0.2, -0.15) is 18.3 Å². The Morgan fingerprint density at radius 1 is 1.10 bits per heavy atom. The third-order valence-corrected chi connectivity index (χ3v) is 5.47. The Kier molecular flexibility index (Phi) is 5.38. The van der Waals surface area contributed by atoms with Crippen LogP contribution in [0.3, 0.4) is 0 Å². The number of amides is 1. The van der Waals surface area contributed by atoms with E-state index in [4.69, 9.17) is 5.11 Å². The number of carboxylic acids is 1. The van der Waals surface area contributed by atoms with Crippen molar-refractivity contribution in [1.82, 2.24) is 14.8 Å². The number of rotatable bonds is 4. The summed E-state index contributed by atoms with van der Waals surface area (Å²) < 4.78 is 40.3. The minimum absolute atomic E-state index is 0.107. The van der Waals surface area contributed by atoms with Crippen molar-refractivity contribution in [2.75, 3.05) is 5.32 Å². The number of carbonyl (C=O) groups is 2. The maximum atomic E-state index is 12.8. The third kappa shape index (κ3) is 4.52. The second-order valence-corrected chi connectivity index (χ2v) is 7.59. The van der Waals surface area contributed by atoms with Crippen LogP contribution in [0.2, 0.25) is 0 Å². The number of aromatic nitrogens is 3. The van der Waals surface area contributed by atoms with Crippen molar-refractivity contribution in [2.45, 2.75) is 37.9 Å². The minimum atomic E-state index is -4.63. The van der Waals surface area contributed by atoms with Gasteiger partial charge in [0.25, 0.3) is 5.91 Å². The molecule has 31 heavy (non-hydrogen) atoms. The van der Waals surface area contributed by atoms with Gasteiger partial charge >= 0.3 is 12.1 Å². The molecule has 0 aliphatic heterocycles. The van der Waals surface area contributed by atoms with Gasteiger partial charge in [0, 0.05) is 17.3 Å². The van der Waals surface area contributed by atoms with Crippen LogP contribution in [0.4, 0.5) is 18.9 Å². The summed E-state index contributed by atoms with van der Waals surface area (Å²) in [5.41, 5.74) is -0.350. The first kappa shape index (κ1) is 20.8. The summed E-state index contributed by atoms with van der Waals surface area (Å²) in [7, 11) is 0. The van der Waals surface area contributed by atoms with E-state index < -0.39 is 23.7 Å². The van der Waals surface area contributed by atoms with Crippen molar-refractivity contribution in [2.24, 2.45) is 5.92 Å². The molecule has 2 aromatic heterocycles. The predicted octanol–water partition coefficient (Wildman–Crippen LogP) is 4.52. The molecule has 1 saturated carbocycles. The molecule has 1 aliphatic rings. The van der Waals surface area contributed by atoms with Crippen LogP contribution in [0.25, 0.3) is 10.9 Å². The van der Waals surface area contributed by atoms with Gasteiger partial charge in [0.15, 0.2) is 0 Å². The zero-order chi connectivity index (χ0) is 22.2. The quantitative estimate of drug-likeness (QED) is 0.632. The molecule has 3 aromatic rings. The van der Waals surface area contributed by atoms with Gasteiger partial charge in [-0.15, -0.1) is 0 Å². The van der Waals surface area contributed by atoms with E-state index in [9.17, 15) is 22.8 Å². The van der Waals surface area contributed by atoms with Crippen LogP contribution in [0, 0.1) is 5.92 Å². The van der Waals surface area contributed by atoms with Crippen molar-refractivity contribution in [3.8, 4) is 0 Å². The summed E-state index contributed by atoms with van der Waals surface area (Å²) in [4.78, 5) is 26.9. The molecule has 2 N–H and O–H groups in total. The number of halogens is 3. The van der Waals surface area contributed by atoms with Crippen LogP contribution in [-0.4, -0.2) is 31.7 Å². The van der Waals surface area contributed by atoms with Gasteiger partial charge in [0.05, 0.1) is 17.5 Å². The highest BCUT2D eigenvalue weighted by Gasteiger charge is 2.33. The average molecular weight is 432 g/mol. The fourth-order valence-electron chi connectivity index (χ4n) is 3.81. The molecule has 0 spiro atoms. The van der Waals surface area contributed by atoms with E-state index in [1.54, 1.807) is 18.2 Å². The fraction of sp³-hybridized carbons (Fsp3) is 0.333. The van der Waals surface area contributed by atoms with Gasteiger partial charge in [-0.1, -0.05) is 6.07 Å². The lowest BCUT2D eigenvalue weighted by Gasteiger charge is -2.26. The molecule has 0 saturated heterocycles. The summed E-state index contributed by atoms with van der Waals surface area (Å²) in [5.74, 6) is -1.82. The minimum Gasteiger partial charge on any atom is -0.481 e. The molecule has 0 atom stereocenters. The topological polar surface area (TPSA) is 97.1 Å². The highest BCUT2D eigenvalue weighted by atomic mass is 19.4. The lowest BCUT2D eigenvalue weighted by molar-refractivity contribution is -0.143. The molecular weight excluding hydrogens is 413 g/mol. The summed E-state index contributed by atoms with van der Waals surface area (Å²) in [6.07, 6.45) is -0.165. The zero-order valence-electron chi connectivity index (χ0n) is 16.3. The highest BCUT2D eigenvalue weighted by molar-refractivity contribution is 6.03. The Hall–Kier alpha value is -3.43. The smallest absolute Gasteiger partial charge is 0.433 e. The molecule has 0 bridgehead atoms. The molecule has 1 aromatic carbocycles. The number of fused-ring (bicyclic) bond motifs is 1. The number of nitrogens with zero attached hydrogens (tertiary/aromatic N) is 3. The number of aliphatic carboxylic acids is 1. The Labute approximate surface area is 174 Å². The fourth-order valence-corrected chi connectivity index (χ4v) is 3.81. The number of benzene rings is 1. The summed E-state index contributed by atoms with van der Waals surface area (Å²) in [6, 6.07) is 8.28. The van der Waals surface area contributed by atoms with Crippen LogP contribution in [0.1, 0.15) is 47.9 Å². The highest BCUT2D eigenvalue weighted by Crippen LogP contribution is 2.33. The van der Waals surface area contributed by atoms with Gasteiger partial charge in [0.1, 0.15) is 11.4 Å². The number of nitrogens with one attached hydrogen (secondary N) is 1. The normalized spacial score (nSPS) is 19.3. The Morgan fingerprint density at radius 3 is 2.52 bits per heavy atom. The second-order valence-electron chi connectivity index (χ2n) is 7.59. The summed E-state index contributed by atoms with van der Waals surface area (Å²) >= 11 is 0. The number of carboxylic acid groups (broad SMARTS) is 1. The first-order valence-corrected chi connectivity index (χ1v) is 9.78. The standard InChI is InChI=1S/C21H19F3N4O3/c22-21(23,24)18-3-1-2-17(26-18)19(29)25-14-6-9-16-13(10-14)11-28(27-16)15-7-4-12(5-8-15)20(30)31/h1-3,6,9-12,15H,4-5,7-8H2,(H,25,29)(H,30,31). The van der Waals surface area contributed by atoms with E-state index in [2.05, 4.69) is 15.4 Å². The first-order chi connectivity index (χ1) is 14.7. The van der Waals surface area contributed by atoms with Crippen molar-refractivity contribution in [3.05, 3.63) is 54.0 Å². The van der Waals surface area contributed by atoms with Crippen molar-refractivity contribution < 1.29 is 27.9 Å². The van der Waals surface area contributed by atoms with Gasteiger partial charge in [0.2, 0.25) is 0 Å². The second kappa shape index (κ2) is 8.01. The summed E-state index contributed by atoms with van der Waals surface area (Å²) in [5, 5.41) is 17.0. The molecular formula is C21H19F3N4O3. The monoisotopic (exact) mass is 432 g/mol. The summed E-state index contributed by atoms with van der Waals surface area (Å²) in [6.45, 7) is 0. The van der Waals surface area contributed by atoms with Crippen molar-refractivity contribution in [3.63, 3.8) is 0 Å². The van der Waals surface area contributed by atoms with Crippen LogP contribution < -0.4 is 5.32 Å². The SMILES string of the molecule is O=C(Nc1ccc2nn(C3CCC(C(=O)O)CC3)cc2c1)c1cccc(C(F)(F)F)n1. The molecule has 0 unspecified atom stereocenters. The van der Waals surface area contributed by atoms with Gasteiger partial charge in [-0.25, -0.2) is 4.98 Å².